The SMILES string of the molecule is COC(=O)c1ncsc1-c1cc(F)cc(Cl)c1. The number of halogens is 2. The fourth-order valence-electron chi connectivity index (χ4n) is 1.38. The Balaban J connectivity index is 2.53. The smallest absolute Gasteiger partial charge is 0.358 e. The maximum atomic E-state index is 13.2. The molecule has 1 aromatic carbocycles. The van der Waals surface area contributed by atoms with Crippen LogP contribution in [0.2, 0.25) is 5.02 Å². The van der Waals surface area contributed by atoms with Crippen LogP contribution in [0.4, 0.5) is 4.39 Å². The Kier molecular flexibility index (Phi) is 3.40. The van der Waals surface area contributed by atoms with E-state index >= 15 is 0 Å². The largest absolute Gasteiger partial charge is 0.464 e. The molecule has 0 aliphatic carbocycles. The molecule has 88 valence electrons. The summed E-state index contributed by atoms with van der Waals surface area (Å²) in [6, 6.07) is 4.07. The number of thiazole rings is 1. The summed E-state index contributed by atoms with van der Waals surface area (Å²) in [6.07, 6.45) is 0. The number of benzene rings is 1. The fourth-order valence-corrected chi connectivity index (χ4v) is 2.36. The first-order chi connectivity index (χ1) is 8.11. The van der Waals surface area contributed by atoms with Crippen LogP contribution in [0.5, 0.6) is 0 Å². The molecule has 2 aromatic rings. The molecule has 1 aromatic heterocycles. The van der Waals surface area contributed by atoms with Crippen LogP contribution < -0.4 is 0 Å². The number of carbonyl (C=O) groups excluding carboxylic acids is 1. The fraction of sp³-hybridized carbons (Fsp3) is 0.0909. The van der Waals surface area contributed by atoms with E-state index in [9.17, 15) is 9.18 Å². The maximum Gasteiger partial charge on any atom is 0.358 e. The zero-order valence-corrected chi connectivity index (χ0v) is 10.3. The van der Waals surface area contributed by atoms with Gasteiger partial charge in [0, 0.05) is 5.02 Å². The molecule has 0 radical (unpaired) electrons. The molecule has 6 heteroatoms. The summed E-state index contributed by atoms with van der Waals surface area (Å²) in [5, 5.41) is 0.268. The number of ether oxygens (including phenoxy) is 1. The quantitative estimate of drug-likeness (QED) is 0.786. The molecule has 17 heavy (non-hydrogen) atoms. The number of hydrogen-bond acceptors (Lipinski definition) is 4. The molecule has 0 unspecified atom stereocenters. The molecule has 0 atom stereocenters. The Hall–Kier alpha value is -1.46. The van der Waals surface area contributed by atoms with E-state index in [4.69, 9.17) is 11.6 Å². The summed E-state index contributed by atoms with van der Waals surface area (Å²) >= 11 is 6.99. The summed E-state index contributed by atoms with van der Waals surface area (Å²) in [6.45, 7) is 0. The second-order valence-electron chi connectivity index (χ2n) is 3.18. The average Bonchev–Trinajstić information content (AvgIpc) is 2.75. The lowest BCUT2D eigenvalue weighted by molar-refractivity contribution is 0.0596. The molecule has 0 fully saturated rings. The van der Waals surface area contributed by atoms with Gasteiger partial charge in [0.05, 0.1) is 17.5 Å². The van der Waals surface area contributed by atoms with E-state index < -0.39 is 11.8 Å². The predicted octanol–water partition coefficient (Wildman–Crippen LogP) is 3.39. The van der Waals surface area contributed by atoms with E-state index in [1.54, 1.807) is 6.07 Å². The third-order valence-electron chi connectivity index (χ3n) is 2.07. The van der Waals surface area contributed by atoms with Crippen LogP contribution in [0.25, 0.3) is 10.4 Å². The normalized spacial score (nSPS) is 10.3. The van der Waals surface area contributed by atoms with Crippen molar-refractivity contribution in [2.24, 2.45) is 0 Å². The molecule has 0 aliphatic rings. The minimum Gasteiger partial charge on any atom is -0.464 e. The van der Waals surface area contributed by atoms with Gasteiger partial charge in [0.2, 0.25) is 0 Å². The van der Waals surface area contributed by atoms with Crippen molar-refractivity contribution in [2.45, 2.75) is 0 Å². The van der Waals surface area contributed by atoms with Crippen molar-refractivity contribution in [1.82, 2.24) is 4.98 Å². The standard InChI is InChI=1S/C11H7ClFNO2S/c1-16-11(15)9-10(17-5-14-9)6-2-7(12)4-8(13)3-6/h2-5H,1H3. The van der Waals surface area contributed by atoms with Gasteiger partial charge in [-0.15, -0.1) is 11.3 Å². The molecule has 0 aliphatic heterocycles. The van der Waals surface area contributed by atoms with E-state index in [0.29, 0.717) is 10.4 Å². The zero-order chi connectivity index (χ0) is 12.4. The third-order valence-corrected chi connectivity index (χ3v) is 3.16. The molecular weight excluding hydrogens is 265 g/mol. The lowest BCUT2D eigenvalue weighted by Gasteiger charge is -2.02. The topological polar surface area (TPSA) is 39.2 Å². The Morgan fingerprint density at radius 3 is 2.88 bits per heavy atom. The number of hydrogen-bond donors (Lipinski definition) is 0. The van der Waals surface area contributed by atoms with Gasteiger partial charge in [0.15, 0.2) is 5.69 Å². The summed E-state index contributed by atoms with van der Waals surface area (Å²) in [5.74, 6) is -1.02. The molecule has 0 saturated heterocycles. The minimum absolute atomic E-state index is 0.166. The lowest BCUT2D eigenvalue weighted by atomic mass is 10.1. The second-order valence-corrected chi connectivity index (χ2v) is 4.47. The van der Waals surface area contributed by atoms with Gasteiger partial charge in [0.25, 0.3) is 0 Å². The lowest BCUT2D eigenvalue weighted by Crippen LogP contribution is -2.03. The number of methoxy groups -OCH3 is 1. The molecule has 0 saturated carbocycles. The number of esters is 1. The van der Waals surface area contributed by atoms with Crippen molar-refractivity contribution in [1.29, 1.82) is 0 Å². The molecule has 0 amide bonds. The van der Waals surface area contributed by atoms with E-state index in [1.165, 1.54) is 36.1 Å². The summed E-state index contributed by atoms with van der Waals surface area (Å²) in [7, 11) is 1.27. The molecule has 0 N–H and O–H groups in total. The van der Waals surface area contributed by atoms with Gasteiger partial charge in [-0.2, -0.15) is 0 Å². The van der Waals surface area contributed by atoms with Crippen LogP contribution in [0.3, 0.4) is 0 Å². The van der Waals surface area contributed by atoms with Gasteiger partial charge in [-0.05, 0) is 23.8 Å². The maximum absolute atomic E-state index is 13.2. The number of aromatic nitrogens is 1. The van der Waals surface area contributed by atoms with Crippen LogP contribution in [0.15, 0.2) is 23.7 Å². The molecule has 3 nitrogen and oxygen atoms in total. The molecule has 0 bridgehead atoms. The number of carbonyl (C=O) groups is 1. The van der Waals surface area contributed by atoms with Gasteiger partial charge in [-0.1, -0.05) is 11.6 Å². The van der Waals surface area contributed by atoms with Crippen molar-refractivity contribution in [3.8, 4) is 10.4 Å². The van der Waals surface area contributed by atoms with E-state index in [0.717, 1.165) is 0 Å². The predicted molar refractivity (Wildman–Crippen MR) is 63.9 cm³/mol. The van der Waals surface area contributed by atoms with Gasteiger partial charge < -0.3 is 4.74 Å². The van der Waals surface area contributed by atoms with Crippen LogP contribution in [0.1, 0.15) is 10.5 Å². The second kappa shape index (κ2) is 4.81. The Labute approximate surface area is 106 Å². The summed E-state index contributed by atoms with van der Waals surface area (Å²) < 4.78 is 17.8. The van der Waals surface area contributed by atoms with Crippen LogP contribution in [0, 0.1) is 5.82 Å². The summed E-state index contributed by atoms with van der Waals surface area (Å²) in [5.41, 5.74) is 2.18. The average molecular weight is 272 g/mol. The van der Waals surface area contributed by atoms with Gasteiger partial charge >= 0.3 is 5.97 Å². The number of rotatable bonds is 2. The van der Waals surface area contributed by atoms with Crippen molar-refractivity contribution in [3.63, 3.8) is 0 Å². The van der Waals surface area contributed by atoms with Crippen LogP contribution in [-0.4, -0.2) is 18.1 Å². The van der Waals surface area contributed by atoms with Crippen molar-refractivity contribution in [2.75, 3.05) is 7.11 Å². The molecule has 2 rings (SSSR count). The zero-order valence-electron chi connectivity index (χ0n) is 8.74. The van der Waals surface area contributed by atoms with E-state index in [-0.39, 0.29) is 10.7 Å². The van der Waals surface area contributed by atoms with E-state index in [1.807, 2.05) is 0 Å². The minimum atomic E-state index is -0.554. The first kappa shape index (κ1) is 12.0. The molecule has 0 spiro atoms. The van der Waals surface area contributed by atoms with E-state index in [2.05, 4.69) is 9.72 Å². The Morgan fingerprint density at radius 2 is 2.24 bits per heavy atom. The molecular formula is C11H7ClFNO2S. The van der Waals surface area contributed by atoms with Gasteiger partial charge in [-0.25, -0.2) is 14.2 Å². The molecule has 1 heterocycles. The van der Waals surface area contributed by atoms with Crippen LogP contribution >= 0.6 is 22.9 Å². The van der Waals surface area contributed by atoms with Crippen molar-refractivity contribution in [3.05, 3.63) is 40.2 Å². The van der Waals surface area contributed by atoms with Gasteiger partial charge in [0.1, 0.15) is 5.82 Å². The van der Waals surface area contributed by atoms with Gasteiger partial charge in [-0.3, -0.25) is 0 Å². The highest BCUT2D eigenvalue weighted by Crippen LogP contribution is 2.30. The first-order valence-corrected chi connectivity index (χ1v) is 5.86. The Morgan fingerprint density at radius 1 is 1.47 bits per heavy atom. The number of nitrogens with zero attached hydrogens (tertiary/aromatic N) is 1. The van der Waals surface area contributed by atoms with Crippen LogP contribution in [-0.2, 0) is 4.74 Å². The summed E-state index contributed by atoms with van der Waals surface area (Å²) in [4.78, 5) is 15.9. The van der Waals surface area contributed by atoms with Crippen molar-refractivity contribution >= 4 is 28.9 Å². The highest BCUT2D eigenvalue weighted by molar-refractivity contribution is 7.13. The Bertz CT molecular complexity index is 550. The highest BCUT2D eigenvalue weighted by atomic mass is 35.5. The van der Waals surface area contributed by atoms with Crippen molar-refractivity contribution < 1.29 is 13.9 Å². The third kappa shape index (κ3) is 2.45. The first-order valence-electron chi connectivity index (χ1n) is 4.60. The monoisotopic (exact) mass is 271 g/mol. The highest BCUT2D eigenvalue weighted by Gasteiger charge is 2.17.